The van der Waals surface area contributed by atoms with Crippen LogP contribution in [0.25, 0.3) is 16.3 Å². The van der Waals surface area contributed by atoms with Gasteiger partial charge in [-0.1, -0.05) is 35.6 Å². The molecule has 7 nitrogen and oxygen atoms in total. The quantitative estimate of drug-likeness (QED) is 0.358. The molecule has 0 aliphatic carbocycles. The zero-order valence-electron chi connectivity index (χ0n) is 16.9. The number of aromatic nitrogens is 1. The van der Waals surface area contributed by atoms with Gasteiger partial charge in [0.2, 0.25) is 5.91 Å². The average Bonchev–Trinajstić information content (AvgIpc) is 3.22. The lowest BCUT2D eigenvalue weighted by Gasteiger charge is -2.34. The molecule has 8 heteroatoms. The summed E-state index contributed by atoms with van der Waals surface area (Å²) in [4.78, 5) is 31.8. The maximum atomic E-state index is 12.5. The van der Waals surface area contributed by atoms with Crippen LogP contribution < -0.4 is 4.90 Å². The van der Waals surface area contributed by atoms with E-state index < -0.39 is 4.92 Å². The molecule has 4 rings (SSSR count). The summed E-state index contributed by atoms with van der Waals surface area (Å²) in [5.41, 5.74) is 4.13. The van der Waals surface area contributed by atoms with Crippen LogP contribution in [0, 0.1) is 24.0 Å². The SMILES string of the molecule is Cc1ccc(C)c2sc(N3CCN(C(=O)/C=C/c4cccc([N+](=O)[O-])c4)CC3)nc12. The van der Waals surface area contributed by atoms with Crippen molar-refractivity contribution in [2.45, 2.75) is 13.8 Å². The van der Waals surface area contributed by atoms with Gasteiger partial charge >= 0.3 is 0 Å². The Bertz CT molecular complexity index is 1110. The van der Waals surface area contributed by atoms with Gasteiger partial charge < -0.3 is 9.80 Å². The minimum Gasteiger partial charge on any atom is -0.345 e. The van der Waals surface area contributed by atoms with Crippen LogP contribution in [-0.4, -0.2) is 46.9 Å². The number of anilines is 1. The highest BCUT2D eigenvalue weighted by atomic mass is 32.1. The Morgan fingerprint density at radius 3 is 2.57 bits per heavy atom. The molecule has 154 valence electrons. The number of carbonyl (C=O) groups excluding carboxylic acids is 1. The molecule has 1 fully saturated rings. The molecule has 1 aromatic heterocycles. The number of thiazole rings is 1. The first-order chi connectivity index (χ1) is 14.4. The molecule has 3 aromatic rings. The number of nitro groups is 1. The van der Waals surface area contributed by atoms with E-state index >= 15 is 0 Å². The molecule has 30 heavy (non-hydrogen) atoms. The highest BCUT2D eigenvalue weighted by Gasteiger charge is 2.22. The Hall–Kier alpha value is -3.26. The number of carbonyl (C=O) groups is 1. The van der Waals surface area contributed by atoms with Crippen molar-refractivity contribution in [1.82, 2.24) is 9.88 Å². The zero-order chi connectivity index (χ0) is 21.3. The number of fused-ring (bicyclic) bond motifs is 1. The largest absolute Gasteiger partial charge is 0.345 e. The van der Waals surface area contributed by atoms with Crippen molar-refractivity contribution < 1.29 is 9.72 Å². The maximum Gasteiger partial charge on any atom is 0.270 e. The first kappa shape index (κ1) is 20.0. The molecule has 0 bridgehead atoms. The van der Waals surface area contributed by atoms with Crippen LogP contribution in [0.5, 0.6) is 0 Å². The summed E-state index contributed by atoms with van der Waals surface area (Å²) >= 11 is 1.71. The predicted molar refractivity (Wildman–Crippen MR) is 120 cm³/mol. The van der Waals surface area contributed by atoms with Crippen LogP contribution in [-0.2, 0) is 4.79 Å². The Kier molecular flexibility index (Phi) is 5.50. The summed E-state index contributed by atoms with van der Waals surface area (Å²) in [7, 11) is 0. The highest BCUT2D eigenvalue weighted by molar-refractivity contribution is 7.22. The molecule has 0 N–H and O–H groups in total. The second-order valence-electron chi connectivity index (χ2n) is 7.37. The fourth-order valence-electron chi connectivity index (χ4n) is 3.52. The van der Waals surface area contributed by atoms with Crippen LogP contribution in [0.2, 0.25) is 0 Å². The third-order valence-electron chi connectivity index (χ3n) is 5.29. The summed E-state index contributed by atoms with van der Waals surface area (Å²) in [6.07, 6.45) is 3.11. The van der Waals surface area contributed by atoms with Crippen molar-refractivity contribution in [3.05, 3.63) is 69.3 Å². The van der Waals surface area contributed by atoms with Gasteiger partial charge in [-0.25, -0.2) is 4.98 Å². The lowest BCUT2D eigenvalue weighted by atomic mass is 10.1. The molecule has 1 saturated heterocycles. The van der Waals surface area contributed by atoms with E-state index in [1.54, 1.807) is 34.4 Å². The van der Waals surface area contributed by atoms with E-state index in [1.807, 2.05) is 0 Å². The second kappa shape index (κ2) is 8.23. The zero-order valence-corrected chi connectivity index (χ0v) is 17.7. The maximum absolute atomic E-state index is 12.5. The van der Waals surface area contributed by atoms with Gasteiger partial charge in [0, 0.05) is 44.4 Å². The molecule has 1 aliphatic heterocycles. The number of hydrogen-bond donors (Lipinski definition) is 0. The van der Waals surface area contributed by atoms with E-state index in [2.05, 4.69) is 30.9 Å². The van der Waals surface area contributed by atoms with Gasteiger partial charge in [0.05, 0.1) is 15.1 Å². The van der Waals surface area contributed by atoms with Gasteiger partial charge in [-0.2, -0.15) is 0 Å². The molecular formula is C22H22N4O3S. The molecule has 1 amide bonds. The highest BCUT2D eigenvalue weighted by Crippen LogP contribution is 2.33. The molecule has 1 aliphatic rings. The number of amides is 1. The third kappa shape index (κ3) is 4.04. The molecule has 2 heterocycles. The number of piperazine rings is 1. The van der Waals surface area contributed by atoms with Gasteiger partial charge in [-0.05, 0) is 36.6 Å². The number of hydrogen-bond acceptors (Lipinski definition) is 6. The Morgan fingerprint density at radius 2 is 1.87 bits per heavy atom. The van der Waals surface area contributed by atoms with Crippen LogP contribution in [0.4, 0.5) is 10.8 Å². The van der Waals surface area contributed by atoms with E-state index in [4.69, 9.17) is 4.98 Å². The minimum atomic E-state index is -0.441. The summed E-state index contributed by atoms with van der Waals surface area (Å²) in [5.74, 6) is -0.0860. The number of benzene rings is 2. The molecule has 0 radical (unpaired) electrons. The van der Waals surface area contributed by atoms with Crippen molar-refractivity contribution in [3.63, 3.8) is 0 Å². The normalized spacial score (nSPS) is 14.6. The average molecular weight is 423 g/mol. The van der Waals surface area contributed by atoms with Gasteiger partial charge in [0.25, 0.3) is 5.69 Å². The summed E-state index contributed by atoms with van der Waals surface area (Å²) in [6.45, 7) is 6.88. The van der Waals surface area contributed by atoms with Gasteiger partial charge in [-0.15, -0.1) is 0 Å². The van der Waals surface area contributed by atoms with Crippen LogP contribution in [0.1, 0.15) is 16.7 Å². The lowest BCUT2D eigenvalue weighted by molar-refractivity contribution is -0.384. The van der Waals surface area contributed by atoms with Crippen molar-refractivity contribution in [2.24, 2.45) is 0 Å². The summed E-state index contributed by atoms with van der Waals surface area (Å²) in [6, 6.07) is 10.5. The first-order valence-corrected chi connectivity index (χ1v) is 10.6. The van der Waals surface area contributed by atoms with Crippen molar-refractivity contribution >= 4 is 44.4 Å². The first-order valence-electron chi connectivity index (χ1n) is 9.75. The van der Waals surface area contributed by atoms with E-state index in [-0.39, 0.29) is 11.6 Å². The predicted octanol–water partition coefficient (Wildman–Crippen LogP) is 4.18. The molecule has 2 aromatic carbocycles. The Balaban J connectivity index is 1.40. The van der Waals surface area contributed by atoms with Crippen molar-refractivity contribution in [3.8, 4) is 0 Å². The molecule has 0 spiro atoms. The van der Waals surface area contributed by atoms with E-state index in [9.17, 15) is 14.9 Å². The van der Waals surface area contributed by atoms with E-state index in [1.165, 1.54) is 34.0 Å². The number of nitrogens with zero attached hydrogens (tertiary/aromatic N) is 4. The fraction of sp³-hybridized carbons (Fsp3) is 0.273. The van der Waals surface area contributed by atoms with E-state index in [0.717, 1.165) is 23.7 Å². The fourth-order valence-corrected chi connectivity index (χ4v) is 4.68. The monoisotopic (exact) mass is 422 g/mol. The van der Waals surface area contributed by atoms with Crippen LogP contribution >= 0.6 is 11.3 Å². The summed E-state index contributed by atoms with van der Waals surface area (Å²) in [5, 5.41) is 11.9. The Morgan fingerprint density at radius 1 is 1.13 bits per heavy atom. The number of nitro benzene ring substituents is 1. The molecular weight excluding hydrogens is 400 g/mol. The van der Waals surface area contributed by atoms with Crippen molar-refractivity contribution in [1.29, 1.82) is 0 Å². The molecule has 0 atom stereocenters. The summed E-state index contributed by atoms with van der Waals surface area (Å²) < 4.78 is 1.23. The van der Waals surface area contributed by atoms with Crippen molar-refractivity contribution in [2.75, 3.05) is 31.1 Å². The lowest BCUT2D eigenvalue weighted by Crippen LogP contribution is -2.48. The standard InChI is InChI=1S/C22H22N4O3S/c1-15-6-7-16(2)21-20(15)23-22(30-21)25-12-10-24(11-13-25)19(27)9-8-17-4-3-5-18(14-17)26(28)29/h3-9,14H,10-13H2,1-2H3/b9-8+. The van der Waals surface area contributed by atoms with Crippen LogP contribution in [0.3, 0.4) is 0 Å². The van der Waals surface area contributed by atoms with Gasteiger partial charge in [-0.3, -0.25) is 14.9 Å². The third-order valence-corrected chi connectivity index (χ3v) is 6.54. The number of rotatable bonds is 4. The molecule has 0 saturated carbocycles. The van der Waals surface area contributed by atoms with Crippen LogP contribution in [0.15, 0.2) is 42.5 Å². The number of non-ortho nitro benzene ring substituents is 1. The van der Waals surface area contributed by atoms with E-state index in [0.29, 0.717) is 18.7 Å². The second-order valence-corrected chi connectivity index (χ2v) is 8.35. The minimum absolute atomic E-state index is 0.0134. The molecule has 0 unspecified atom stereocenters. The topological polar surface area (TPSA) is 79.6 Å². The van der Waals surface area contributed by atoms with Gasteiger partial charge in [0.15, 0.2) is 5.13 Å². The Labute approximate surface area is 178 Å². The number of aryl methyl sites for hydroxylation is 2. The van der Waals surface area contributed by atoms with Gasteiger partial charge in [0.1, 0.15) is 0 Å². The smallest absolute Gasteiger partial charge is 0.270 e.